The van der Waals surface area contributed by atoms with Crippen molar-refractivity contribution in [3.05, 3.63) is 12.7 Å². The molecule has 70 valence electrons. The van der Waals surface area contributed by atoms with Crippen molar-refractivity contribution in [2.24, 2.45) is 0 Å². The summed E-state index contributed by atoms with van der Waals surface area (Å²) in [6.45, 7) is 11.3. The average molecular weight is 233 g/mol. The molecule has 2 nitrogen and oxygen atoms in total. The minimum atomic E-state index is 0.896. The van der Waals surface area contributed by atoms with Crippen LogP contribution in [0.2, 0.25) is 0 Å². The van der Waals surface area contributed by atoms with Gasteiger partial charge in [0.25, 0.3) is 0 Å². The summed E-state index contributed by atoms with van der Waals surface area (Å²) in [4.78, 5) is 5.08. The van der Waals surface area contributed by atoms with Crippen LogP contribution >= 0.6 is 15.9 Å². The highest BCUT2D eigenvalue weighted by molar-refractivity contribution is 9.09. The Balaban J connectivity index is 0.000000157. The molecule has 2 bridgehead atoms. The molecule has 0 aromatic rings. The third kappa shape index (κ3) is 3.25. The molecule has 3 rings (SSSR count). The van der Waals surface area contributed by atoms with Gasteiger partial charge in [-0.2, -0.15) is 0 Å². The first-order valence-corrected chi connectivity index (χ1v) is 5.60. The first-order valence-electron chi connectivity index (χ1n) is 4.48. The van der Waals surface area contributed by atoms with Crippen LogP contribution in [0.15, 0.2) is 12.7 Å². The normalized spacial score (nSPS) is 32.1. The van der Waals surface area contributed by atoms with E-state index < -0.39 is 0 Å². The van der Waals surface area contributed by atoms with E-state index in [2.05, 4.69) is 32.3 Å². The molecular weight excluding hydrogens is 216 g/mol. The van der Waals surface area contributed by atoms with Crippen molar-refractivity contribution in [1.82, 2.24) is 9.80 Å². The van der Waals surface area contributed by atoms with Crippen LogP contribution in [-0.4, -0.2) is 54.4 Å². The smallest absolute Gasteiger partial charge is 0.0209 e. The SMILES string of the molecule is C1CN2CCN1CC2.C=CCBr. The summed E-state index contributed by atoms with van der Waals surface area (Å²) in [5.41, 5.74) is 0. The molecule has 0 amide bonds. The highest BCUT2D eigenvalue weighted by Crippen LogP contribution is 2.06. The van der Waals surface area contributed by atoms with Gasteiger partial charge in [-0.1, -0.05) is 22.0 Å². The highest BCUT2D eigenvalue weighted by atomic mass is 79.9. The van der Waals surface area contributed by atoms with Crippen molar-refractivity contribution in [2.75, 3.05) is 44.6 Å². The second kappa shape index (κ2) is 5.73. The molecule has 0 atom stereocenters. The Morgan fingerprint density at radius 3 is 1.33 bits per heavy atom. The van der Waals surface area contributed by atoms with Crippen molar-refractivity contribution in [3.8, 4) is 0 Å². The Bertz CT molecular complexity index is 107. The third-order valence-electron chi connectivity index (χ3n) is 2.31. The molecule has 0 aliphatic carbocycles. The largest absolute Gasteiger partial charge is 0.300 e. The summed E-state index contributed by atoms with van der Waals surface area (Å²) in [5.74, 6) is 0. The Kier molecular flexibility index (Phi) is 4.88. The lowest BCUT2D eigenvalue weighted by Gasteiger charge is -2.41. The second-order valence-electron chi connectivity index (χ2n) is 3.13. The van der Waals surface area contributed by atoms with Gasteiger partial charge in [-0.05, 0) is 0 Å². The van der Waals surface area contributed by atoms with Crippen LogP contribution in [0.3, 0.4) is 0 Å². The lowest BCUT2D eigenvalue weighted by Crippen LogP contribution is -2.55. The summed E-state index contributed by atoms with van der Waals surface area (Å²) in [6, 6.07) is 0. The summed E-state index contributed by atoms with van der Waals surface area (Å²) in [6.07, 6.45) is 1.79. The topological polar surface area (TPSA) is 6.48 Å². The van der Waals surface area contributed by atoms with Crippen molar-refractivity contribution in [1.29, 1.82) is 0 Å². The maximum Gasteiger partial charge on any atom is 0.0209 e. The Labute approximate surface area is 83.4 Å². The van der Waals surface area contributed by atoms with E-state index in [1.165, 1.54) is 39.3 Å². The van der Waals surface area contributed by atoms with E-state index in [9.17, 15) is 0 Å². The Hall–Kier alpha value is 0.140. The fraction of sp³-hybridized carbons (Fsp3) is 0.778. The van der Waals surface area contributed by atoms with E-state index in [0.29, 0.717) is 0 Å². The predicted molar refractivity (Wildman–Crippen MR) is 56.9 cm³/mol. The Morgan fingerprint density at radius 1 is 1.00 bits per heavy atom. The van der Waals surface area contributed by atoms with E-state index in [-0.39, 0.29) is 0 Å². The molecule has 0 spiro atoms. The first-order chi connectivity index (χ1) is 5.86. The number of fused-ring (bicyclic) bond motifs is 3. The fourth-order valence-electron chi connectivity index (χ4n) is 1.52. The summed E-state index contributed by atoms with van der Waals surface area (Å²) in [7, 11) is 0. The third-order valence-corrected chi connectivity index (χ3v) is 2.76. The molecule has 3 aliphatic heterocycles. The van der Waals surface area contributed by atoms with E-state index in [4.69, 9.17) is 0 Å². The number of hydrogen-bond acceptors (Lipinski definition) is 2. The number of hydrogen-bond donors (Lipinski definition) is 0. The second-order valence-corrected chi connectivity index (χ2v) is 3.77. The monoisotopic (exact) mass is 232 g/mol. The van der Waals surface area contributed by atoms with Crippen molar-refractivity contribution < 1.29 is 0 Å². The first kappa shape index (κ1) is 10.2. The zero-order valence-electron chi connectivity index (χ0n) is 7.51. The van der Waals surface area contributed by atoms with Crippen LogP contribution in [0.1, 0.15) is 0 Å². The molecule has 0 radical (unpaired) electrons. The summed E-state index contributed by atoms with van der Waals surface area (Å²) in [5, 5.41) is 0.896. The predicted octanol–water partition coefficient (Wildman–Crippen LogP) is 1.18. The van der Waals surface area contributed by atoms with E-state index >= 15 is 0 Å². The van der Waals surface area contributed by atoms with Crippen LogP contribution in [0, 0.1) is 0 Å². The van der Waals surface area contributed by atoms with Gasteiger partial charge in [0.1, 0.15) is 0 Å². The van der Waals surface area contributed by atoms with E-state index in [1.807, 2.05) is 0 Å². The molecule has 3 heteroatoms. The minimum absolute atomic E-state index is 0.896. The van der Waals surface area contributed by atoms with Gasteiger partial charge in [-0.15, -0.1) is 6.58 Å². The van der Waals surface area contributed by atoms with Gasteiger partial charge in [0, 0.05) is 44.6 Å². The zero-order valence-corrected chi connectivity index (χ0v) is 9.09. The van der Waals surface area contributed by atoms with Crippen LogP contribution in [-0.2, 0) is 0 Å². The lowest BCUT2D eigenvalue weighted by molar-refractivity contribution is 0.0647. The molecule has 0 aromatic carbocycles. The van der Waals surface area contributed by atoms with Gasteiger partial charge in [0.15, 0.2) is 0 Å². The van der Waals surface area contributed by atoms with E-state index in [1.54, 1.807) is 6.08 Å². The van der Waals surface area contributed by atoms with Crippen molar-refractivity contribution in [2.45, 2.75) is 0 Å². The molecule has 3 aliphatic rings. The molecule has 12 heavy (non-hydrogen) atoms. The molecule has 0 N–H and O–H groups in total. The number of nitrogens with zero attached hydrogens (tertiary/aromatic N) is 2. The van der Waals surface area contributed by atoms with Gasteiger partial charge in [0.2, 0.25) is 0 Å². The number of alkyl halides is 1. The number of allylic oxidation sites excluding steroid dienone is 1. The molecular formula is C9H17BrN2. The van der Waals surface area contributed by atoms with Gasteiger partial charge in [-0.25, -0.2) is 0 Å². The quantitative estimate of drug-likeness (QED) is 0.495. The standard InChI is InChI=1S/C6H12N2.C3H5Br/c1-2-8-5-3-7(1)4-6-8;1-2-3-4/h1-6H2;2H,1,3H2. The Morgan fingerprint density at radius 2 is 1.25 bits per heavy atom. The maximum atomic E-state index is 3.43. The summed E-state index contributed by atoms with van der Waals surface area (Å²) < 4.78 is 0. The number of piperazine rings is 3. The number of halogens is 1. The van der Waals surface area contributed by atoms with Gasteiger partial charge >= 0.3 is 0 Å². The van der Waals surface area contributed by atoms with Crippen molar-refractivity contribution in [3.63, 3.8) is 0 Å². The van der Waals surface area contributed by atoms with Crippen molar-refractivity contribution >= 4 is 15.9 Å². The summed E-state index contributed by atoms with van der Waals surface area (Å²) >= 11 is 3.13. The van der Waals surface area contributed by atoms with Crippen LogP contribution in [0.4, 0.5) is 0 Å². The molecule has 3 saturated heterocycles. The molecule has 3 fully saturated rings. The minimum Gasteiger partial charge on any atom is -0.300 e. The zero-order chi connectivity index (χ0) is 8.81. The molecule has 0 aromatic heterocycles. The van der Waals surface area contributed by atoms with Gasteiger partial charge in [0.05, 0.1) is 0 Å². The highest BCUT2D eigenvalue weighted by Gasteiger charge is 2.21. The molecule has 0 unspecified atom stereocenters. The number of rotatable bonds is 1. The molecule has 3 heterocycles. The van der Waals surface area contributed by atoms with Gasteiger partial charge < -0.3 is 0 Å². The fourth-order valence-corrected chi connectivity index (χ4v) is 1.52. The van der Waals surface area contributed by atoms with Crippen LogP contribution in [0.5, 0.6) is 0 Å². The molecule has 0 saturated carbocycles. The van der Waals surface area contributed by atoms with E-state index in [0.717, 1.165) is 5.33 Å². The van der Waals surface area contributed by atoms with Crippen LogP contribution < -0.4 is 0 Å². The maximum absolute atomic E-state index is 3.43. The van der Waals surface area contributed by atoms with Gasteiger partial charge in [-0.3, -0.25) is 9.80 Å². The van der Waals surface area contributed by atoms with Crippen LogP contribution in [0.25, 0.3) is 0 Å². The average Bonchev–Trinajstić information content (AvgIpc) is 2.21. The lowest BCUT2D eigenvalue weighted by atomic mass is 10.2.